The highest BCUT2D eigenvalue weighted by Gasteiger charge is 2.54. The van der Waals surface area contributed by atoms with Crippen LogP contribution in [0.4, 0.5) is 4.79 Å². The van der Waals surface area contributed by atoms with Gasteiger partial charge in [-0.25, -0.2) is 4.79 Å². The summed E-state index contributed by atoms with van der Waals surface area (Å²) in [6, 6.07) is 2.98. The summed E-state index contributed by atoms with van der Waals surface area (Å²) in [5, 5.41) is 25.5. The van der Waals surface area contributed by atoms with Gasteiger partial charge in [0.15, 0.2) is 23.0 Å². The van der Waals surface area contributed by atoms with Crippen molar-refractivity contribution in [3.63, 3.8) is 0 Å². The minimum atomic E-state index is -2.31. The molecule has 3 aliphatic rings. The Hall–Kier alpha value is -4.26. The molecule has 13 nitrogen and oxygen atoms in total. The van der Waals surface area contributed by atoms with E-state index in [2.05, 4.69) is 58.4 Å². The minimum Gasteiger partial charge on any atom is -0.541 e. The number of benzene rings is 2. The van der Waals surface area contributed by atoms with Crippen molar-refractivity contribution in [1.29, 1.82) is 5.26 Å². The molecular formula is C41H57N3O10Si. The van der Waals surface area contributed by atoms with Crippen molar-refractivity contribution in [1.82, 2.24) is 10.2 Å². The first-order chi connectivity index (χ1) is 25.9. The highest BCUT2D eigenvalue weighted by molar-refractivity contribution is 6.74. The van der Waals surface area contributed by atoms with Crippen LogP contribution < -0.4 is 28.7 Å². The van der Waals surface area contributed by atoms with Crippen molar-refractivity contribution < 1.29 is 47.5 Å². The van der Waals surface area contributed by atoms with Crippen LogP contribution in [0.3, 0.4) is 0 Å². The number of ether oxygens (including phenoxy) is 7. The number of carbonyl (C=O) groups is 1. The van der Waals surface area contributed by atoms with Crippen LogP contribution in [0.2, 0.25) is 18.1 Å². The van der Waals surface area contributed by atoms with Gasteiger partial charge in [-0.05, 0) is 69.4 Å². The molecule has 0 spiro atoms. The fraction of sp³-hybridized carbons (Fsp3) is 0.561. The van der Waals surface area contributed by atoms with E-state index < -0.39 is 57.1 Å². The molecule has 2 N–H and O–H groups in total. The molecule has 0 saturated carbocycles. The molecule has 0 aliphatic carbocycles. The van der Waals surface area contributed by atoms with E-state index in [1.54, 1.807) is 13.2 Å². The number of hydrogen-bond donors (Lipinski definition) is 2. The van der Waals surface area contributed by atoms with E-state index in [9.17, 15) is 15.2 Å². The minimum absolute atomic E-state index is 0.0317. The number of aryl methyl sites for hydroxylation is 1. The normalized spacial score (nSPS) is 21.2. The number of aliphatic hydroxyl groups is 1. The topological polar surface area (TPSA) is 150 Å². The number of rotatable bonds is 14. The van der Waals surface area contributed by atoms with E-state index >= 15 is 0 Å². The maximum Gasteiger partial charge on any atom is 0.407 e. The van der Waals surface area contributed by atoms with Crippen LogP contribution in [0.25, 0.3) is 0 Å². The highest BCUT2D eigenvalue weighted by Crippen LogP contribution is 2.58. The van der Waals surface area contributed by atoms with E-state index in [0.29, 0.717) is 39.9 Å². The van der Waals surface area contributed by atoms with Crippen LogP contribution >= 0.6 is 0 Å². The van der Waals surface area contributed by atoms with Crippen LogP contribution in [0.15, 0.2) is 37.4 Å². The second-order valence-electron chi connectivity index (χ2n) is 16.1. The number of amides is 1. The third kappa shape index (κ3) is 8.32. The summed E-state index contributed by atoms with van der Waals surface area (Å²) in [6.45, 7) is 25.7. The van der Waals surface area contributed by atoms with Crippen molar-refractivity contribution in [3.05, 3.63) is 65.3 Å². The van der Waals surface area contributed by atoms with Gasteiger partial charge in [0.2, 0.25) is 6.79 Å². The number of nitrogens with one attached hydrogen (secondary N) is 1. The quantitative estimate of drug-likeness (QED) is 0.151. The Balaban J connectivity index is 1.68. The average Bonchev–Trinajstić information content (AvgIpc) is 3.60. The molecule has 3 heterocycles. The van der Waals surface area contributed by atoms with Crippen molar-refractivity contribution in [3.8, 4) is 34.8 Å². The first-order valence-corrected chi connectivity index (χ1v) is 21.5. The molecule has 5 atom stereocenters. The van der Waals surface area contributed by atoms with Gasteiger partial charge in [0.05, 0.1) is 44.5 Å². The smallest absolute Gasteiger partial charge is 0.407 e. The Bertz CT molecular complexity index is 1820. The van der Waals surface area contributed by atoms with Crippen LogP contribution in [0.1, 0.15) is 74.6 Å². The summed E-state index contributed by atoms with van der Waals surface area (Å²) in [5.74, 6) is 1.67. The molecule has 3 aliphatic heterocycles. The summed E-state index contributed by atoms with van der Waals surface area (Å²) in [5.41, 5.74) is 3.61. The summed E-state index contributed by atoms with van der Waals surface area (Å²) in [4.78, 5) is 15.3. The fourth-order valence-corrected chi connectivity index (χ4v) is 8.39. The number of aliphatic hydroxyl groups excluding tert-OH is 1. The van der Waals surface area contributed by atoms with Gasteiger partial charge in [-0.3, -0.25) is 4.90 Å². The average molecular weight is 780 g/mol. The number of methoxy groups -OCH3 is 1. The lowest BCUT2D eigenvalue weighted by Gasteiger charge is -2.54. The third-order valence-corrected chi connectivity index (χ3v) is 15.3. The maximum absolute atomic E-state index is 13.4. The van der Waals surface area contributed by atoms with E-state index in [1.807, 2.05) is 44.7 Å². The molecule has 300 valence electrons. The lowest BCUT2D eigenvalue weighted by atomic mass is 9.80. The van der Waals surface area contributed by atoms with Gasteiger partial charge in [-0.15, -0.1) is 0 Å². The number of fused-ring (bicyclic) bond motifs is 5. The molecule has 14 heteroatoms. The van der Waals surface area contributed by atoms with Gasteiger partial charge < -0.3 is 48.0 Å². The zero-order valence-electron chi connectivity index (χ0n) is 33.9. The molecule has 0 aromatic heterocycles. The Labute approximate surface area is 326 Å². The maximum atomic E-state index is 13.4. The summed E-state index contributed by atoms with van der Waals surface area (Å²) in [6.07, 6.45) is 1.88. The highest BCUT2D eigenvalue weighted by atomic mass is 28.4. The van der Waals surface area contributed by atoms with Gasteiger partial charge in [-0.2, -0.15) is 5.26 Å². The SMILES string of the molecule is C=CCOC(=O)N[C@@H](Cc1cc(C)c(OC)c(O[Si](C)(C)C(C)(C)C)c1)C(C#N)N1[C@@H]2COC(C)(C)O[C@@H]2c2c(OCC=C)c(C)c3c(c2[C@@H]1CO)OCO3. The molecule has 1 fully saturated rings. The predicted molar refractivity (Wildman–Crippen MR) is 209 cm³/mol. The number of nitriles is 1. The van der Waals surface area contributed by atoms with E-state index in [4.69, 9.17) is 37.6 Å². The van der Waals surface area contributed by atoms with E-state index in [0.717, 1.165) is 16.7 Å². The van der Waals surface area contributed by atoms with E-state index in [1.165, 1.54) is 6.08 Å². The van der Waals surface area contributed by atoms with Gasteiger partial charge in [-0.1, -0.05) is 52.1 Å². The Morgan fingerprint density at radius 1 is 1.15 bits per heavy atom. The molecule has 5 rings (SSSR count). The fourth-order valence-electron chi connectivity index (χ4n) is 7.38. The second kappa shape index (κ2) is 16.5. The Morgan fingerprint density at radius 3 is 2.45 bits per heavy atom. The van der Waals surface area contributed by atoms with Crippen LogP contribution in [0.5, 0.6) is 28.7 Å². The van der Waals surface area contributed by atoms with Gasteiger partial charge in [0, 0.05) is 16.7 Å². The molecule has 2 aromatic rings. The lowest BCUT2D eigenvalue weighted by Crippen LogP contribution is -2.63. The molecule has 1 amide bonds. The van der Waals surface area contributed by atoms with Crippen LogP contribution in [-0.2, 0) is 20.6 Å². The van der Waals surface area contributed by atoms with Gasteiger partial charge in [0.1, 0.15) is 36.9 Å². The zero-order chi connectivity index (χ0) is 40.5. The second-order valence-corrected chi connectivity index (χ2v) is 20.9. The van der Waals surface area contributed by atoms with Crippen molar-refractivity contribution in [2.45, 2.75) is 109 Å². The van der Waals surface area contributed by atoms with Crippen LogP contribution in [-0.4, -0.2) is 88.7 Å². The standard InChI is InChI=1S/C41H57N3O10Si/c1-13-15-48-35-25(4)36-38(51-23-50-36)32-29(21-45)44(30-22-52-41(8,9)53-37(30)33(32)35)28(20-42)27(43-39(46)49-16-14-2)18-26-17-24(3)34(47-10)31(19-26)54-55(11,12)40(5,6)7/h13-14,17,19,27-30,37,45H,1-2,15-16,18,21-23H2,3-12H3,(H,43,46)/t27-,28?,29-,30+,37-/m0/s1. The zero-order valence-corrected chi connectivity index (χ0v) is 34.9. The number of hydrogen-bond acceptors (Lipinski definition) is 12. The summed E-state index contributed by atoms with van der Waals surface area (Å²) in [7, 11) is -0.701. The van der Waals surface area contributed by atoms with Crippen molar-refractivity contribution in [2.24, 2.45) is 0 Å². The first-order valence-electron chi connectivity index (χ1n) is 18.6. The molecule has 55 heavy (non-hydrogen) atoms. The van der Waals surface area contributed by atoms with Gasteiger partial charge in [0.25, 0.3) is 8.32 Å². The van der Waals surface area contributed by atoms with E-state index in [-0.39, 0.29) is 38.1 Å². The van der Waals surface area contributed by atoms with Crippen molar-refractivity contribution in [2.75, 3.05) is 40.3 Å². The first kappa shape index (κ1) is 41.9. The summed E-state index contributed by atoms with van der Waals surface area (Å²) >= 11 is 0. The summed E-state index contributed by atoms with van der Waals surface area (Å²) < 4.78 is 49.4. The molecule has 0 radical (unpaired) electrons. The number of nitrogens with zero attached hydrogens (tertiary/aromatic N) is 2. The third-order valence-electron chi connectivity index (χ3n) is 10.9. The molecule has 1 saturated heterocycles. The van der Waals surface area contributed by atoms with Gasteiger partial charge >= 0.3 is 6.09 Å². The molecule has 2 aromatic carbocycles. The number of alkyl carbamates (subject to hydrolysis) is 1. The molecule has 0 bridgehead atoms. The largest absolute Gasteiger partial charge is 0.541 e. The Kier molecular flexibility index (Phi) is 12.5. The predicted octanol–water partition coefficient (Wildman–Crippen LogP) is 6.95. The van der Waals surface area contributed by atoms with Crippen LogP contribution in [0, 0.1) is 25.2 Å². The molecular weight excluding hydrogens is 723 g/mol. The van der Waals surface area contributed by atoms with Crippen molar-refractivity contribution >= 4 is 14.4 Å². The lowest BCUT2D eigenvalue weighted by molar-refractivity contribution is -0.305. The number of carbonyl (C=O) groups excluding carboxylic acids is 1. The monoisotopic (exact) mass is 779 g/mol. The molecule has 1 unspecified atom stereocenters. The Morgan fingerprint density at radius 2 is 1.84 bits per heavy atom.